The van der Waals surface area contributed by atoms with Gasteiger partial charge in [-0.05, 0) is 55.7 Å². The van der Waals surface area contributed by atoms with Crippen LogP contribution < -0.4 is 5.43 Å². The Morgan fingerprint density at radius 3 is 2.30 bits per heavy atom. The summed E-state index contributed by atoms with van der Waals surface area (Å²) >= 11 is 1.69. The first kappa shape index (κ1) is 20.1. The average Bonchev–Trinajstić information content (AvgIpc) is 3.31. The molecule has 0 saturated carbocycles. The number of thiazole rings is 1. The summed E-state index contributed by atoms with van der Waals surface area (Å²) in [6.07, 6.45) is 3.02. The average molecular weight is 454 g/mol. The second-order valence-corrected chi connectivity index (χ2v) is 9.63. The lowest BCUT2D eigenvalue weighted by molar-refractivity contribution is -0.135. The Balaban J connectivity index is 1.42. The number of amides is 1. The molecule has 33 heavy (non-hydrogen) atoms. The number of carbonyl (C=O) groups excluding carboxylic acids is 1. The summed E-state index contributed by atoms with van der Waals surface area (Å²) < 4.78 is 3.15. The van der Waals surface area contributed by atoms with E-state index in [1.165, 1.54) is 0 Å². The van der Waals surface area contributed by atoms with Gasteiger partial charge in [-0.2, -0.15) is 0 Å². The Morgan fingerprint density at radius 1 is 0.909 bits per heavy atom. The van der Waals surface area contributed by atoms with E-state index in [4.69, 9.17) is 4.98 Å². The minimum absolute atomic E-state index is 0.000519. The predicted octanol–water partition coefficient (Wildman–Crippen LogP) is 5.52. The molecule has 1 aliphatic rings. The van der Waals surface area contributed by atoms with Crippen molar-refractivity contribution in [2.75, 3.05) is 6.54 Å². The van der Waals surface area contributed by atoms with Gasteiger partial charge in [-0.3, -0.25) is 9.59 Å². The Kier molecular flexibility index (Phi) is 4.95. The first-order valence-corrected chi connectivity index (χ1v) is 12.2. The molecule has 6 rings (SSSR count). The zero-order chi connectivity index (χ0) is 22.4. The van der Waals surface area contributed by atoms with Crippen molar-refractivity contribution in [3.8, 4) is 0 Å². The maximum Gasteiger partial charge on any atom is 0.243 e. The van der Waals surface area contributed by atoms with E-state index in [1.54, 1.807) is 11.3 Å². The summed E-state index contributed by atoms with van der Waals surface area (Å²) in [5, 5.41) is 2.30. The molecule has 3 aromatic carbocycles. The molecule has 1 atom stereocenters. The molecule has 0 N–H and O–H groups in total. The molecule has 0 radical (unpaired) electrons. The van der Waals surface area contributed by atoms with Crippen molar-refractivity contribution in [1.82, 2.24) is 14.5 Å². The highest BCUT2D eigenvalue weighted by Crippen LogP contribution is 2.36. The zero-order valence-electron chi connectivity index (χ0n) is 18.1. The molecule has 0 aliphatic carbocycles. The lowest BCUT2D eigenvalue weighted by atomic mass is 10.0. The van der Waals surface area contributed by atoms with E-state index in [2.05, 4.69) is 6.07 Å². The van der Waals surface area contributed by atoms with Crippen molar-refractivity contribution in [2.24, 2.45) is 0 Å². The van der Waals surface area contributed by atoms with Crippen LogP contribution in [0.25, 0.3) is 32.0 Å². The second-order valence-electron chi connectivity index (χ2n) is 8.57. The summed E-state index contributed by atoms with van der Waals surface area (Å²) in [6.45, 7) is 0.929. The standard InChI is InChI=1S/C27H23N3O2S/c31-25(29-16-8-7-14-23(29)27-28-20-11-3-6-15-24(20)33-27)17-30-21-12-4-1-9-18(21)26(32)19-10-2-5-13-22(19)30/h1-6,9-13,15,23H,7-8,14,16-17H2. The van der Waals surface area contributed by atoms with Crippen molar-refractivity contribution in [3.63, 3.8) is 0 Å². The van der Waals surface area contributed by atoms with Crippen molar-refractivity contribution in [2.45, 2.75) is 31.8 Å². The third kappa shape index (κ3) is 3.42. The van der Waals surface area contributed by atoms with E-state index in [0.29, 0.717) is 10.8 Å². The molecule has 1 amide bonds. The van der Waals surface area contributed by atoms with Crippen LogP contribution in [-0.4, -0.2) is 26.9 Å². The predicted molar refractivity (Wildman–Crippen MR) is 134 cm³/mol. The fourth-order valence-electron chi connectivity index (χ4n) is 4.99. The van der Waals surface area contributed by atoms with Gasteiger partial charge >= 0.3 is 0 Å². The highest BCUT2D eigenvalue weighted by Gasteiger charge is 2.30. The Bertz CT molecular complexity index is 1480. The zero-order valence-corrected chi connectivity index (χ0v) is 18.9. The first-order chi connectivity index (χ1) is 16.2. The molecule has 164 valence electrons. The number of aromatic nitrogens is 2. The number of piperidine rings is 1. The molecule has 5 nitrogen and oxygen atoms in total. The van der Waals surface area contributed by atoms with Gasteiger partial charge in [-0.15, -0.1) is 11.3 Å². The third-order valence-electron chi connectivity index (χ3n) is 6.59. The van der Waals surface area contributed by atoms with Crippen LogP contribution in [0, 0.1) is 0 Å². The van der Waals surface area contributed by atoms with Gasteiger partial charge in [0, 0.05) is 17.3 Å². The van der Waals surface area contributed by atoms with E-state index >= 15 is 0 Å². The number of fused-ring (bicyclic) bond motifs is 3. The topological polar surface area (TPSA) is 55.2 Å². The molecule has 1 saturated heterocycles. The summed E-state index contributed by atoms with van der Waals surface area (Å²) in [5.41, 5.74) is 2.59. The van der Waals surface area contributed by atoms with Gasteiger partial charge in [0.2, 0.25) is 5.91 Å². The highest BCUT2D eigenvalue weighted by molar-refractivity contribution is 7.18. The SMILES string of the molecule is O=C(Cn1c2ccccc2c(=O)c2ccccc21)N1CCCCC1c1nc2ccccc2s1. The van der Waals surface area contributed by atoms with Crippen molar-refractivity contribution in [3.05, 3.63) is 88.0 Å². The van der Waals surface area contributed by atoms with Crippen LogP contribution in [0.4, 0.5) is 0 Å². The van der Waals surface area contributed by atoms with Crippen LogP contribution in [0.1, 0.15) is 30.3 Å². The molecule has 5 aromatic rings. The van der Waals surface area contributed by atoms with E-state index < -0.39 is 0 Å². The summed E-state index contributed by atoms with van der Waals surface area (Å²) in [6, 6.07) is 23.3. The van der Waals surface area contributed by atoms with Gasteiger partial charge in [0.05, 0.1) is 27.3 Å². The quantitative estimate of drug-likeness (QED) is 0.338. The van der Waals surface area contributed by atoms with Gasteiger partial charge in [-0.25, -0.2) is 4.98 Å². The number of rotatable bonds is 3. The summed E-state index contributed by atoms with van der Waals surface area (Å²) in [7, 11) is 0. The van der Waals surface area contributed by atoms with Crippen LogP contribution in [0.5, 0.6) is 0 Å². The number of nitrogens with zero attached hydrogens (tertiary/aromatic N) is 3. The fourth-order valence-corrected chi connectivity index (χ4v) is 6.11. The lowest BCUT2D eigenvalue weighted by Crippen LogP contribution is -2.40. The minimum Gasteiger partial charge on any atom is -0.332 e. The largest absolute Gasteiger partial charge is 0.332 e. The molecule has 6 heteroatoms. The van der Waals surface area contributed by atoms with Crippen LogP contribution in [0.15, 0.2) is 77.6 Å². The number of hydrogen-bond donors (Lipinski definition) is 0. The number of hydrogen-bond acceptors (Lipinski definition) is 4. The van der Waals surface area contributed by atoms with Crippen molar-refractivity contribution in [1.29, 1.82) is 0 Å². The molecule has 1 aliphatic heterocycles. The Hall–Kier alpha value is -3.51. The molecule has 2 aromatic heterocycles. The molecule has 1 unspecified atom stereocenters. The lowest BCUT2D eigenvalue weighted by Gasteiger charge is -2.35. The van der Waals surface area contributed by atoms with E-state index in [1.807, 2.05) is 76.2 Å². The van der Waals surface area contributed by atoms with Gasteiger partial charge in [0.25, 0.3) is 0 Å². The molecule has 3 heterocycles. The van der Waals surface area contributed by atoms with Crippen LogP contribution >= 0.6 is 11.3 Å². The van der Waals surface area contributed by atoms with Gasteiger partial charge in [0.15, 0.2) is 5.43 Å². The Labute approximate surface area is 194 Å². The maximum absolute atomic E-state index is 13.7. The van der Waals surface area contributed by atoms with Crippen LogP contribution in [0.3, 0.4) is 0 Å². The van der Waals surface area contributed by atoms with Gasteiger partial charge in [-0.1, -0.05) is 36.4 Å². The Morgan fingerprint density at radius 2 is 1.58 bits per heavy atom. The number of carbonyl (C=O) groups is 1. The van der Waals surface area contributed by atoms with Gasteiger partial charge in [0.1, 0.15) is 11.6 Å². The summed E-state index contributed by atoms with van der Waals surface area (Å²) in [5.74, 6) is 0.0675. The highest BCUT2D eigenvalue weighted by atomic mass is 32.1. The number of benzene rings is 3. The van der Waals surface area contributed by atoms with E-state index in [9.17, 15) is 9.59 Å². The fraction of sp³-hybridized carbons (Fsp3) is 0.222. The summed E-state index contributed by atoms with van der Waals surface area (Å²) in [4.78, 5) is 33.6. The van der Waals surface area contributed by atoms with Crippen LogP contribution in [0.2, 0.25) is 0 Å². The maximum atomic E-state index is 13.7. The molecular formula is C27H23N3O2S. The van der Waals surface area contributed by atoms with E-state index in [-0.39, 0.29) is 23.9 Å². The molecular weight excluding hydrogens is 430 g/mol. The van der Waals surface area contributed by atoms with Crippen LogP contribution in [-0.2, 0) is 11.3 Å². The molecule has 0 bridgehead atoms. The number of pyridine rings is 1. The second kappa shape index (κ2) is 8.12. The van der Waals surface area contributed by atoms with Gasteiger partial charge < -0.3 is 9.47 Å². The molecule has 1 fully saturated rings. The molecule has 0 spiro atoms. The van der Waals surface area contributed by atoms with Crippen molar-refractivity contribution < 1.29 is 4.79 Å². The van der Waals surface area contributed by atoms with Crippen molar-refractivity contribution >= 4 is 49.3 Å². The minimum atomic E-state index is 0.000519. The van der Waals surface area contributed by atoms with E-state index in [0.717, 1.165) is 52.1 Å². The monoisotopic (exact) mass is 453 g/mol. The number of likely N-dealkylation sites (tertiary alicyclic amines) is 1. The third-order valence-corrected chi connectivity index (χ3v) is 7.73. The smallest absolute Gasteiger partial charge is 0.243 e. The first-order valence-electron chi connectivity index (χ1n) is 11.4. The number of para-hydroxylation sites is 3. The normalized spacial score (nSPS) is 16.6.